The summed E-state index contributed by atoms with van der Waals surface area (Å²) in [7, 11) is -3.76. The summed E-state index contributed by atoms with van der Waals surface area (Å²) in [5.41, 5.74) is -0.689. The number of amides is 4. The van der Waals surface area contributed by atoms with Crippen LogP contribution >= 0.6 is 0 Å². The van der Waals surface area contributed by atoms with Crippen molar-refractivity contribution in [3.63, 3.8) is 0 Å². The number of nitrogens with zero attached hydrogens (tertiary/aromatic N) is 1. The Bertz CT molecular complexity index is 1050. The zero-order chi connectivity index (χ0) is 21.9. The second-order valence-corrected chi connectivity index (χ2v) is 8.75. The van der Waals surface area contributed by atoms with Gasteiger partial charge in [0.1, 0.15) is 17.8 Å². The number of carbonyl (C=O) groups is 3. The Kier molecular flexibility index (Phi) is 5.94. The monoisotopic (exact) mass is 434 g/mol. The van der Waals surface area contributed by atoms with Gasteiger partial charge in [-0.3, -0.25) is 14.5 Å². The maximum absolute atomic E-state index is 12.3. The number of hydrogen-bond donors (Lipinski definition) is 3. The van der Waals surface area contributed by atoms with Crippen molar-refractivity contribution in [3.05, 3.63) is 48.4 Å². The van der Waals surface area contributed by atoms with Crippen molar-refractivity contribution in [2.45, 2.75) is 37.2 Å². The number of carbonyl (C=O) groups excluding carboxylic acids is 3. The van der Waals surface area contributed by atoms with E-state index in [1.807, 2.05) is 0 Å². The zero-order valence-corrected chi connectivity index (χ0v) is 17.3. The molecule has 0 spiro atoms. The van der Waals surface area contributed by atoms with Gasteiger partial charge in [0.15, 0.2) is 0 Å². The number of rotatable bonds is 8. The number of hydrogen-bond acceptors (Lipinski definition) is 6. The molecule has 3 N–H and O–H groups in total. The van der Waals surface area contributed by atoms with E-state index in [2.05, 4.69) is 15.4 Å². The number of sulfonamides is 1. The molecule has 1 aromatic heterocycles. The number of nitrogens with one attached hydrogen (secondary N) is 3. The molecule has 3 rings (SSSR count). The Morgan fingerprint density at radius 1 is 1.20 bits per heavy atom. The van der Waals surface area contributed by atoms with Crippen LogP contribution in [0.1, 0.15) is 26.0 Å². The molecule has 160 valence electrons. The van der Waals surface area contributed by atoms with E-state index in [9.17, 15) is 22.8 Å². The lowest BCUT2D eigenvalue weighted by Crippen LogP contribution is -2.44. The number of furan rings is 1. The third-order valence-corrected chi connectivity index (χ3v) is 6.24. The summed E-state index contributed by atoms with van der Waals surface area (Å²) in [6.07, 6.45) is 1.85. The Balaban J connectivity index is 1.59. The summed E-state index contributed by atoms with van der Waals surface area (Å²) in [5.74, 6) is -0.568. The standard InChI is InChI=1S/C19H22N4O6S/c1-3-19(2)17(25)23(18(26)22-19)12-16(24)21-13-6-8-15(9-7-13)30(27,28)20-11-14-5-4-10-29-14/h4-10,20H,3,11-12H2,1-2H3,(H,21,24)(H,22,26)/t19-/m0/s1. The average Bonchev–Trinajstić information content (AvgIpc) is 3.30. The second kappa shape index (κ2) is 8.28. The molecule has 1 aliphatic rings. The largest absolute Gasteiger partial charge is 0.468 e. The molecule has 0 aliphatic carbocycles. The molecule has 1 fully saturated rings. The highest BCUT2D eigenvalue weighted by molar-refractivity contribution is 7.89. The van der Waals surface area contributed by atoms with Gasteiger partial charge in [-0.1, -0.05) is 6.92 Å². The molecule has 1 saturated heterocycles. The molecule has 30 heavy (non-hydrogen) atoms. The molecule has 2 aromatic rings. The van der Waals surface area contributed by atoms with Gasteiger partial charge in [0.25, 0.3) is 5.91 Å². The maximum Gasteiger partial charge on any atom is 0.325 e. The fourth-order valence-electron chi connectivity index (χ4n) is 2.85. The van der Waals surface area contributed by atoms with Gasteiger partial charge in [-0.05, 0) is 49.7 Å². The van der Waals surface area contributed by atoms with Gasteiger partial charge in [0.05, 0.1) is 17.7 Å². The number of benzene rings is 1. The fraction of sp³-hybridized carbons (Fsp3) is 0.316. The van der Waals surface area contributed by atoms with E-state index in [1.165, 1.54) is 30.5 Å². The lowest BCUT2D eigenvalue weighted by molar-refractivity contribution is -0.133. The van der Waals surface area contributed by atoms with Crippen LogP contribution in [-0.2, 0) is 26.2 Å². The smallest absolute Gasteiger partial charge is 0.325 e. The predicted octanol–water partition coefficient (Wildman–Crippen LogP) is 1.42. The minimum absolute atomic E-state index is 0.0103. The highest BCUT2D eigenvalue weighted by atomic mass is 32.2. The molecular formula is C19H22N4O6S. The van der Waals surface area contributed by atoms with Crippen molar-refractivity contribution in [1.82, 2.24) is 14.9 Å². The van der Waals surface area contributed by atoms with E-state index in [0.717, 1.165) is 4.90 Å². The fourth-order valence-corrected chi connectivity index (χ4v) is 3.85. The molecule has 4 amide bonds. The van der Waals surface area contributed by atoms with E-state index in [4.69, 9.17) is 4.42 Å². The Hall–Kier alpha value is -3.18. The summed E-state index contributed by atoms with van der Waals surface area (Å²) in [6, 6.07) is 8.19. The predicted molar refractivity (Wildman–Crippen MR) is 107 cm³/mol. The summed E-state index contributed by atoms with van der Waals surface area (Å²) >= 11 is 0. The molecule has 1 aliphatic heterocycles. The second-order valence-electron chi connectivity index (χ2n) is 6.98. The molecule has 1 aromatic carbocycles. The molecule has 0 unspecified atom stereocenters. The van der Waals surface area contributed by atoms with Crippen LogP contribution < -0.4 is 15.4 Å². The summed E-state index contributed by atoms with van der Waals surface area (Å²) in [4.78, 5) is 37.4. The van der Waals surface area contributed by atoms with Gasteiger partial charge in [-0.25, -0.2) is 17.9 Å². The van der Waals surface area contributed by atoms with Gasteiger partial charge < -0.3 is 15.1 Å². The molecule has 1 atom stereocenters. The van der Waals surface area contributed by atoms with Crippen LogP contribution in [0.15, 0.2) is 52.0 Å². The number of urea groups is 1. The Morgan fingerprint density at radius 3 is 2.47 bits per heavy atom. The summed E-state index contributed by atoms with van der Waals surface area (Å²) in [5, 5.41) is 5.12. The molecule has 11 heteroatoms. The SMILES string of the molecule is CC[C@]1(C)NC(=O)N(CC(=O)Nc2ccc(S(=O)(=O)NCc3ccco3)cc2)C1=O. The lowest BCUT2D eigenvalue weighted by atomic mass is 9.99. The van der Waals surface area contributed by atoms with Crippen molar-refractivity contribution in [2.75, 3.05) is 11.9 Å². The van der Waals surface area contributed by atoms with Crippen LogP contribution in [-0.4, -0.2) is 43.2 Å². The minimum Gasteiger partial charge on any atom is -0.468 e. The first-order chi connectivity index (χ1) is 14.1. The van der Waals surface area contributed by atoms with E-state index in [1.54, 1.807) is 26.0 Å². The Labute approximate surface area is 173 Å². The van der Waals surface area contributed by atoms with Gasteiger partial charge >= 0.3 is 6.03 Å². The first-order valence-electron chi connectivity index (χ1n) is 9.21. The first kappa shape index (κ1) is 21.5. The van der Waals surface area contributed by atoms with Crippen LogP contribution in [0.5, 0.6) is 0 Å². The molecule has 0 saturated carbocycles. The third kappa shape index (κ3) is 4.52. The van der Waals surface area contributed by atoms with Crippen LogP contribution in [0.3, 0.4) is 0 Å². The summed E-state index contributed by atoms with van der Waals surface area (Å²) in [6.45, 7) is 2.94. The van der Waals surface area contributed by atoms with E-state index in [0.29, 0.717) is 17.9 Å². The van der Waals surface area contributed by atoms with Crippen LogP contribution in [0, 0.1) is 0 Å². The molecule has 0 bridgehead atoms. The third-order valence-electron chi connectivity index (χ3n) is 4.82. The topological polar surface area (TPSA) is 138 Å². The van der Waals surface area contributed by atoms with E-state index >= 15 is 0 Å². The highest BCUT2D eigenvalue weighted by Crippen LogP contribution is 2.21. The first-order valence-corrected chi connectivity index (χ1v) is 10.7. The van der Waals surface area contributed by atoms with Crippen molar-refractivity contribution in [3.8, 4) is 0 Å². The van der Waals surface area contributed by atoms with Crippen molar-refractivity contribution < 1.29 is 27.2 Å². The van der Waals surface area contributed by atoms with Gasteiger partial charge in [0.2, 0.25) is 15.9 Å². The van der Waals surface area contributed by atoms with Crippen LogP contribution in [0.2, 0.25) is 0 Å². The molecule has 0 radical (unpaired) electrons. The lowest BCUT2D eigenvalue weighted by Gasteiger charge is -2.19. The average molecular weight is 434 g/mol. The van der Waals surface area contributed by atoms with Crippen LogP contribution in [0.4, 0.5) is 10.5 Å². The maximum atomic E-state index is 12.3. The quantitative estimate of drug-likeness (QED) is 0.537. The van der Waals surface area contributed by atoms with E-state index < -0.39 is 40.0 Å². The summed E-state index contributed by atoms with van der Waals surface area (Å²) < 4.78 is 32.1. The number of anilines is 1. The molecular weight excluding hydrogens is 412 g/mol. The van der Waals surface area contributed by atoms with Gasteiger partial charge in [-0.15, -0.1) is 0 Å². The van der Waals surface area contributed by atoms with Crippen molar-refractivity contribution in [2.24, 2.45) is 0 Å². The van der Waals surface area contributed by atoms with E-state index in [-0.39, 0.29) is 11.4 Å². The molecule has 10 nitrogen and oxygen atoms in total. The highest BCUT2D eigenvalue weighted by Gasteiger charge is 2.46. The van der Waals surface area contributed by atoms with Gasteiger partial charge in [-0.2, -0.15) is 0 Å². The minimum atomic E-state index is -3.76. The van der Waals surface area contributed by atoms with Crippen molar-refractivity contribution in [1.29, 1.82) is 0 Å². The Morgan fingerprint density at radius 2 is 1.90 bits per heavy atom. The van der Waals surface area contributed by atoms with Crippen molar-refractivity contribution >= 4 is 33.6 Å². The number of imide groups is 1. The molecule has 2 heterocycles. The normalized spacial score (nSPS) is 19.1. The van der Waals surface area contributed by atoms with Gasteiger partial charge in [0, 0.05) is 5.69 Å². The zero-order valence-electron chi connectivity index (χ0n) is 16.5. The van der Waals surface area contributed by atoms with Crippen LogP contribution in [0.25, 0.3) is 0 Å².